The zero-order chi connectivity index (χ0) is 11.4. The topological polar surface area (TPSA) is 51.2 Å². The maximum atomic E-state index is 9.82. The number of rotatable bonds is 5. The van der Waals surface area contributed by atoms with Crippen molar-refractivity contribution in [2.45, 2.75) is 25.4 Å². The molecule has 0 fully saturated rings. The van der Waals surface area contributed by atoms with E-state index in [0.717, 1.165) is 17.9 Å². The van der Waals surface area contributed by atoms with Crippen LogP contribution in [-0.2, 0) is 19.9 Å². The summed E-state index contributed by atoms with van der Waals surface area (Å²) in [5, 5.41) is 14.0. The maximum absolute atomic E-state index is 9.82. The highest BCUT2D eigenvalue weighted by Crippen LogP contribution is 2.09. The van der Waals surface area contributed by atoms with Crippen LogP contribution in [0.2, 0.25) is 0 Å². The molecule has 1 N–H and O–H groups in total. The third-order valence-electron chi connectivity index (χ3n) is 2.52. The first kappa shape index (κ1) is 11.0. The van der Waals surface area contributed by atoms with Crippen molar-refractivity contribution in [3.05, 3.63) is 42.1 Å². The minimum Gasteiger partial charge on any atom is -0.469 e. The summed E-state index contributed by atoms with van der Waals surface area (Å²) < 4.78 is 6.95. The van der Waals surface area contributed by atoms with Crippen LogP contribution < -0.4 is 0 Å². The molecule has 16 heavy (non-hydrogen) atoms. The second-order valence-electron chi connectivity index (χ2n) is 3.96. The second kappa shape index (κ2) is 4.99. The fourth-order valence-corrected chi connectivity index (χ4v) is 1.68. The fourth-order valence-electron chi connectivity index (χ4n) is 1.68. The molecule has 1 atom stereocenters. The Kier molecular flexibility index (Phi) is 3.41. The van der Waals surface area contributed by atoms with Gasteiger partial charge in [0.15, 0.2) is 0 Å². The lowest BCUT2D eigenvalue weighted by Crippen LogP contribution is -2.12. The summed E-state index contributed by atoms with van der Waals surface area (Å²) in [7, 11) is 1.87. The Morgan fingerprint density at radius 1 is 1.50 bits per heavy atom. The highest BCUT2D eigenvalue weighted by molar-refractivity contribution is 5.02. The summed E-state index contributed by atoms with van der Waals surface area (Å²) in [6, 6.07) is 5.71. The van der Waals surface area contributed by atoms with Crippen LogP contribution >= 0.6 is 0 Å². The molecule has 0 saturated heterocycles. The largest absolute Gasteiger partial charge is 0.469 e. The smallest absolute Gasteiger partial charge is 0.103 e. The van der Waals surface area contributed by atoms with Crippen molar-refractivity contribution in [1.82, 2.24) is 9.78 Å². The Hall–Kier alpha value is -1.55. The molecule has 2 rings (SSSR count). The van der Waals surface area contributed by atoms with Crippen molar-refractivity contribution in [3.8, 4) is 0 Å². The molecule has 0 amide bonds. The van der Waals surface area contributed by atoms with Gasteiger partial charge in [-0.15, -0.1) is 0 Å². The van der Waals surface area contributed by atoms with E-state index in [-0.39, 0.29) is 6.10 Å². The van der Waals surface area contributed by atoms with Crippen LogP contribution in [0.25, 0.3) is 0 Å². The van der Waals surface area contributed by atoms with Crippen LogP contribution in [0.15, 0.2) is 35.1 Å². The first-order chi connectivity index (χ1) is 7.74. The maximum Gasteiger partial charge on any atom is 0.103 e. The summed E-state index contributed by atoms with van der Waals surface area (Å²) in [5.74, 6) is 0.917. The van der Waals surface area contributed by atoms with Crippen molar-refractivity contribution in [1.29, 1.82) is 0 Å². The number of aromatic nitrogens is 2. The predicted octanol–water partition coefficient (Wildman–Crippen LogP) is 1.55. The van der Waals surface area contributed by atoms with Crippen molar-refractivity contribution < 1.29 is 9.52 Å². The molecular weight excluding hydrogens is 204 g/mol. The minimum absolute atomic E-state index is 0.361. The fraction of sp³-hybridized carbons (Fsp3) is 0.417. The van der Waals surface area contributed by atoms with Gasteiger partial charge in [0.2, 0.25) is 0 Å². The van der Waals surface area contributed by atoms with Crippen LogP contribution in [0.5, 0.6) is 0 Å². The zero-order valence-corrected chi connectivity index (χ0v) is 9.34. The Morgan fingerprint density at radius 3 is 3.00 bits per heavy atom. The van der Waals surface area contributed by atoms with Crippen LogP contribution in [0.3, 0.4) is 0 Å². The molecule has 0 saturated carbocycles. The number of aryl methyl sites for hydroxylation is 2. The number of furan rings is 1. The van der Waals surface area contributed by atoms with E-state index in [1.54, 1.807) is 10.9 Å². The van der Waals surface area contributed by atoms with E-state index in [1.807, 2.05) is 31.4 Å². The van der Waals surface area contributed by atoms with Gasteiger partial charge in [0, 0.05) is 26.1 Å². The molecule has 2 heterocycles. The number of nitrogens with zero attached hydrogens (tertiary/aromatic N) is 2. The van der Waals surface area contributed by atoms with E-state index >= 15 is 0 Å². The van der Waals surface area contributed by atoms with E-state index in [0.29, 0.717) is 12.8 Å². The number of hydrogen-bond donors (Lipinski definition) is 1. The molecule has 0 aliphatic carbocycles. The lowest BCUT2D eigenvalue weighted by atomic mass is 10.1. The monoisotopic (exact) mass is 220 g/mol. The summed E-state index contributed by atoms with van der Waals surface area (Å²) in [4.78, 5) is 0. The van der Waals surface area contributed by atoms with Crippen molar-refractivity contribution in [2.24, 2.45) is 7.05 Å². The van der Waals surface area contributed by atoms with Gasteiger partial charge in [-0.3, -0.25) is 4.68 Å². The third-order valence-corrected chi connectivity index (χ3v) is 2.52. The molecule has 1 unspecified atom stereocenters. The molecule has 4 heteroatoms. The zero-order valence-electron chi connectivity index (χ0n) is 9.34. The lowest BCUT2D eigenvalue weighted by molar-refractivity contribution is 0.161. The van der Waals surface area contributed by atoms with E-state index in [9.17, 15) is 5.11 Å². The van der Waals surface area contributed by atoms with E-state index < -0.39 is 0 Å². The van der Waals surface area contributed by atoms with Gasteiger partial charge in [-0.05, 0) is 24.6 Å². The van der Waals surface area contributed by atoms with Crippen molar-refractivity contribution in [3.63, 3.8) is 0 Å². The van der Waals surface area contributed by atoms with E-state index in [1.165, 1.54) is 0 Å². The molecule has 0 spiro atoms. The Labute approximate surface area is 94.5 Å². The quantitative estimate of drug-likeness (QED) is 0.831. The molecule has 2 aromatic rings. The Balaban J connectivity index is 1.78. The normalized spacial score (nSPS) is 12.9. The number of hydrogen-bond acceptors (Lipinski definition) is 3. The number of aliphatic hydroxyl groups excluding tert-OH is 1. The van der Waals surface area contributed by atoms with Gasteiger partial charge >= 0.3 is 0 Å². The summed E-state index contributed by atoms with van der Waals surface area (Å²) in [5.41, 5.74) is 0.925. The molecule has 0 aliphatic heterocycles. The number of aliphatic hydroxyl groups is 1. The van der Waals surface area contributed by atoms with E-state index in [4.69, 9.17) is 4.42 Å². The van der Waals surface area contributed by atoms with Crippen LogP contribution in [-0.4, -0.2) is 21.0 Å². The van der Waals surface area contributed by atoms with Gasteiger partial charge in [0.05, 0.1) is 18.1 Å². The van der Waals surface area contributed by atoms with Crippen LogP contribution in [0.1, 0.15) is 17.9 Å². The van der Waals surface area contributed by atoms with E-state index in [2.05, 4.69) is 5.10 Å². The van der Waals surface area contributed by atoms with Gasteiger partial charge in [-0.1, -0.05) is 0 Å². The highest BCUT2D eigenvalue weighted by atomic mass is 16.3. The molecule has 0 aromatic carbocycles. The summed E-state index contributed by atoms with van der Waals surface area (Å²) in [6.07, 6.45) is 5.24. The van der Waals surface area contributed by atoms with Crippen molar-refractivity contribution >= 4 is 0 Å². The first-order valence-electron chi connectivity index (χ1n) is 5.43. The minimum atomic E-state index is -0.361. The second-order valence-corrected chi connectivity index (χ2v) is 3.96. The third kappa shape index (κ3) is 2.97. The molecular formula is C12H16N2O2. The standard InChI is InChI=1S/C12H16N2O2/c1-14-7-6-10(13-14)9-11(15)4-5-12-3-2-8-16-12/h2-3,6-8,11,15H,4-5,9H2,1H3. The lowest BCUT2D eigenvalue weighted by Gasteiger charge is -2.07. The molecule has 0 bridgehead atoms. The van der Waals surface area contributed by atoms with Gasteiger partial charge < -0.3 is 9.52 Å². The molecule has 4 nitrogen and oxygen atoms in total. The highest BCUT2D eigenvalue weighted by Gasteiger charge is 2.08. The molecule has 0 radical (unpaired) electrons. The first-order valence-corrected chi connectivity index (χ1v) is 5.43. The van der Waals surface area contributed by atoms with Gasteiger partial charge in [0.1, 0.15) is 5.76 Å². The van der Waals surface area contributed by atoms with Gasteiger partial charge in [0.25, 0.3) is 0 Å². The van der Waals surface area contributed by atoms with Crippen molar-refractivity contribution in [2.75, 3.05) is 0 Å². The summed E-state index contributed by atoms with van der Waals surface area (Å²) in [6.45, 7) is 0. The summed E-state index contributed by atoms with van der Waals surface area (Å²) >= 11 is 0. The average molecular weight is 220 g/mol. The Morgan fingerprint density at radius 2 is 2.38 bits per heavy atom. The molecule has 86 valence electrons. The van der Waals surface area contributed by atoms with Gasteiger partial charge in [-0.2, -0.15) is 5.10 Å². The SMILES string of the molecule is Cn1ccc(CC(O)CCc2ccco2)n1. The van der Waals surface area contributed by atoms with Crippen LogP contribution in [0, 0.1) is 0 Å². The molecule has 2 aromatic heterocycles. The average Bonchev–Trinajstić information content (AvgIpc) is 2.87. The molecule has 0 aliphatic rings. The van der Waals surface area contributed by atoms with Crippen LogP contribution in [0.4, 0.5) is 0 Å². The van der Waals surface area contributed by atoms with Gasteiger partial charge in [-0.25, -0.2) is 0 Å². The Bertz CT molecular complexity index is 420. The predicted molar refractivity (Wildman–Crippen MR) is 59.9 cm³/mol.